The molecular weight excluding hydrogens is 176 g/mol. The molecule has 0 saturated heterocycles. The van der Waals surface area contributed by atoms with E-state index in [-0.39, 0.29) is 11.5 Å². The molecule has 0 bridgehead atoms. The lowest BCUT2D eigenvalue weighted by Crippen LogP contribution is -2.34. The Kier molecular flexibility index (Phi) is 3.71. The van der Waals surface area contributed by atoms with Crippen molar-refractivity contribution in [2.24, 2.45) is 11.3 Å². The number of carbonyl (C=O) groups is 1. The van der Waals surface area contributed by atoms with Crippen LogP contribution < -0.4 is 0 Å². The van der Waals surface area contributed by atoms with E-state index in [0.717, 1.165) is 13.0 Å². The zero-order valence-electron chi connectivity index (χ0n) is 9.80. The van der Waals surface area contributed by atoms with E-state index in [1.807, 2.05) is 0 Å². The summed E-state index contributed by atoms with van der Waals surface area (Å²) < 4.78 is 5.73. The van der Waals surface area contributed by atoms with Crippen LogP contribution in [-0.4, -0.2) is 18.5 Å². The Hall–Kier alpha value is -0.370. The van der Waals surface area contributed by atoms with Gasteiger partial charge in [0.2, 0.25) is 0 Å². The van der Waals surface area contributed by atoms with Crippen LogP contribution >= 0.6 is 0 Å². The molecule has 0 aromatic rings. The molecule has 0 aromatic carbocycles. The largest absolute Gasteiger partial charge is 0.377 e. The molecule has 82 valence electrons. The van der Waals surface area contributed by atoms with Crippen molar-refractivity contribution in [3.63, 3.8) is 0 Å². The van der Waals surface area contributed by atoms with Gasteiger partial charge in [-0.15, -0.1) is 0 Å². The number of hydrogen-bond acceptors (Lipinski definition) is 2. The lowest BCUT2D eigenvalue weighted by Gasteiger charge is -2.34. The van der Waals surface area contributed by atoms with Crippen LogP contribution in [0.1, 0.15) is 47.0 Å². The molecule has 0 amide bonds. The van der Waals surface area contributed by atoms with Crippen molar-refractivity contribution in [2.75, 3.05) is 6.61 Å². The van der Waals surface area contributed by atoms with Crippen LogP contribution in [0.2, 0.25) is 0 Å². The van der Waals surface area contributed by atoms with Crippen molar-refractivity contribution >= 4 is 5.78 Å². The first-order valence-corrected chi connectivity index (χ1v) is 5.52. The van der Waals surface area contributed by atoms with Crippen molar-refractivity contribution < 1.29 is 9.53 Å². The van der Waals surface area contributed by atoms with E-state index in [1.54, 1.807) is 0 Å². The highest BCUT2D eigenvalue weighted by Crippen LogP contribution is 2.34. The number of carbonyl (C=O) groups excluding carboxylic acids is 1. The van der Waals surface area contributed by atoms with Gasteiger partial charge in [0.25, 0.3) is 0 Å². The molecule has 1 unspecified atom stereocenters. The van der Waals surface area contributed by atoms with Crippen LogP contribution in [0.25, 0.3) is 0 Å². The first-order chi connectivity index (χ1) is 6.39. The summed E-state index contributed by atoms with van der Waals surface area (Å²) in [6.07, 6.45) is 2.52. The van der Waals surface area contributed by atoms with Crippen molar-refractivity contribution in [3.8, 4) is 0 Å². The molecule has 1 saturated carbocycles. The van der Waals surface area contributed by atoms with E-state index >= 15 is 0 Å². The second-order valence-electron chi connectivity index (χ2n) is 5.64. The number of hydrogen-bond donors (Lipinski definition) is 0. The Labute approximate surface area is 87.0 Å². The number of ether oxygens (including phenoxy) is 1. The predicted octanol–water partition coefficient (Wildman–Crippen LogP) is 2.81. The number of Topliss-reactive ketones (excluding diaryl/α,β-unsaturated/α-hetero) is 1. The molecule has 2 nitrogen and oxygen atoms in total. The van der Waals surface area contributed by atoms with Gasteiger partial charge in [0.15, 0.2) is 0 Å². The molecule has 1 atom stereocenters. The SMILES string of the molecule is CC(C)COC1CC(=O)CC(C)(C)C1. The molecule has 0 heterocycles. The summed E-state index contributed by atoms with van der Waals surface area (Å²) in [6.45, 7) is 9.34. The third-order valence-electron chi connectivity index (χ3n) is 2.58. The van der Waals surface area contributed by atoms with Gasteiger partial charge in [0, 0.05) is 19.4 Å². The van der Waals surface area contributed by atoms with E-state index in [0.29, 0.717) is 24.5 Å². The van der Waals surface area contributed by atoms with Crippen LogP contribution in [0.15, 0.2) is 0 Å². The van der Waals surface area contributed by atoms with Gasteiger partial charge >= 0.3 is 0 Å². The Balaban J connectivity index is 2.42. The zero-order valence-corrected chi connectivity index (χ0v) is 9.80. The van der Waals surface area contributed by atoms with Gasteiger partial charge in [-0.1, -0.05) is 27.7 Å². The van der Waals surface area contributed by atoms with E-state index in [9.17, 15) is 4.79 Å². The van der Waals surface area contributed by atoms with Crippen LogP contribution in [0.5, 0.6) is 0 Å². The fourth-order valence-electron chi connectivity index (χ4n) is 2.07. The fourth-order valence-corrected chi connectivity index (χ4v) is 2.07. The summed E-state index contributed by atoms with van der Waals surface area (Å²) >= 11 is 0. The minimum atomic E-state index is 0.136. The second-order valence-corrected chi connectivity index (χ2v) is 5.64. The first-order valence-electron chi connectivity index (χ1n) is 5.52. The minimum absolute atomic E-state index is 0.136. The molecule has 1 aliphatic carbocycles. The van der Waals surface area contributed by atoms with E-state index < -0.39 is 0 Å². The van der Waals surface area contributed by atoms with E-state index in [1.165, 1.54) is 0 Å². The summed E-state index contributed by atoms with van der Waals surface area (Å²) in [5.41, 5.74) is 0.136. The maximum Gasteiger partial charge on any atom is 0.136 e. The van der Waals surface area contributed by atoms with Crippen LogP contribution in [0, 0.1) is 11.3 Å². The van der Waals surface area contributed by atoms with Crippen molar-refractivity contribution in [3.05, 3.63) is 0 Å². The van der Waals surface area contributed by atoms with Gasteiger partial charge in [-0.3, -0.25) is 4.79 Å². The summed E-state index contributed by atoms with van der Waals surface area (Å²) in [6, 6.07) is 0. The average molecular weight is 198 g/mol. The topological polar surface area (TPSA) is 26.3 Å². The maximum atomic E-state index is 11.5. The summed E-state index contributed by atoms with van der Waals surface area (Å²) in [4.78, 5) is 11.5. The van der Waals surface area contributed by atoms with Crippen LogP contribution in [0.3, 0.4) is 0 Å². The normalized spacial score (nSPS) is 26.9. The second kappa shape index (κ2) is 4.43. The highest BCUT2D eigenvalue weighted by atomic mass is 16.5. The highest BCUT2D eigenvalue weighted by molar-refractivity contribution is 5.80. The van der Waals surface area contributed by atoms with E-state index in [2.05, 4.69) is 27.7 Å². The Morgan fingerprint density at radius 3 is 2.64 bits per heavy atom. The van der Waals surface area contributed by atoms with Gasteiger partial charge in [0.1, 0.15) is 5.78 Å². The minimum Gasteiger partial charge on any atom is -0.377 e. The predicted molar refractivity (Wildman–Crippen MR) is 57.2 cm³/mol. The Morgan fingerprint density at radius 2 is 2.14 bits per heavy atom. The lowest BCUT2D eigenvalue weighted by atomic mass is 9.75. The van der Waals surface area contributed by atoms with Crippen LogP contribution in [-0.2, 0) is 9.53 Å². The highest BCUT2D eigenvalue weighted by Gasteiger charge is 2.33. The molecule has 0 N–H and O–H groups in total. The molecule has 1 fully saturated rings. The average Bonchev–Trinajstić information content (AvgIpc) is 1.96. The summed E-state index contributed by atoms with van der Waals surface area (Å²) in [5.74, 6) is 0.908. The van der Waals surface area contributed by atoms with Gasteiger partial charge in [-0.05, 0) is 17.8 Å². The molecule has 0 aliphatic heterocycles. The van der Waals surface area contributed by atoms with Gasteiger partial charge in [-0.2, -0.15) is 0 Å². The van der Waals surface area contributed by atoms with Crippen molar-refractivity contribution in [1.29, 1.82) is 0 Å². The molecule has 14 heavy (non-hydrogen) atoms. The maximum absolute atomic E-state index is 11.5. The molecule has 1 aliphatic rings. The standard InChI is InChI=1S/C12H22O2/c1-9(2)8-14-11-5-10(13)6-12(3,4)7-11/h9,11H,5-8H2,1-4H3. The fraction of sp³-hybridized carbons (Fsp3) is 0.917. The third kappa shape index (κ3) is 3.79. The Morgan fingerprint density at radius 1 is 1.50 bits per heavy atom. The molecule has 0 spiro atoms. The molecule has 2 heteroatoms. The van der Waals surface area contributed by atoms with Gasteiger partial charge < -0.3 is 4.74 Å². The van der Waals surface area contributed by atoms with Gasteiger partial charge in [0.05, 0.1) is 6.10 Å². The number of ketones is 1. The van der Waals surface area contributed by atoms with Crippen LogP contribution in [0.4, 0.5) is 0 Å². The third-order valence-corrected chi connectivity index (χ3v) is 2.58. The quantitative estimate of drug-likeness (QED) is 0.697. The monoisotopic (exact) mass is 198 g/mol. The summed E-state index contributed by atoms with van der Waals surface area (Å²) in [7, 11) is 0. The van der Waals surface area contributed by atoms with E-state index in [4.69, 9.17) is 4.74 Å². The van der Waals surface area contributed by atoms with Crippen molar-refractivity contribution in [2.45, 2.75) is 53.1 Å². The molecule has 1 rings (SSSR count). The molecular formula is C12H22O2. The summed E-state index contributed by atoms with van der Waals surface area (Å²) in [5, 5.41) is 0. The van der Waals surface area contributed by atoms with Gasteiger partial charge in [-0.25, -0.2) is 0 Å². The first kappa shape index (κ1) is 11.7. The Bertz CT molecular complexity index is 206. The molecule has 0 aromatic heterocycles. The lowest BCUT2D eigenvalue weighted by molar-refractivity contribution is -0.129. The molecule has 0 radical (unpaired) electrons. The number of rotatable bonds is 3. The van der Waals surface area contributed by atoms with Crippen molar-refractivity contribution in [1.82, 2.24) is 0 Å². The zero-order chi connectivity index (χ0) is 10.8. The smallest absolute Gasteiger partial charge is 0.136 e.